The van der Waals surface area contributed by atoms with Crippen molar-refractivity contribution in [2.75, 3.05) is 173 Å². The summed E-state index contributed by atoms with van der Waals surface area (Å²) in [6.07, 6.45) is -80.2. The van der Waals surface area contributed by atoms with Gasteiger partial charge in [-0.3, -0.25) is 0 Å². The third kappa shape index (κ3) is 25.2. The average Bonchev–Trinajstić information content (AvgIpc) is 0.765. The third-order valence-electron chi connectivity index (χ3n) is 27.4. The average molecular weight is 2080 g/mol. The van der Waals surface area contributed by atoms with Gasteiger partial charge in [-0.15, -0.1) is 0 Å². The Hall–Kier alpha value is -3.79. The molecule has 16 N–H and O–H groups in total. The Morgan fingerprint density at radius 3 is 0.852 bits per heavy atom. The minimum Gasteiger partial charge on any atom is -0.479 e. The summed E-state index contributed by atoms with van der Waals surface area (Å²) in [6.45, 7) is -2.38. The van der Waals surface area contributed by atoms with E-state index >= 15 is 0 Å². The molecule has 0 amide bonds. The summed E-state index contributed by atoms with van der Waals surface area (Å²) in [4.78, 5) is 29.8. The maximum atomic E-state index is 13.6. The molecule has 11 aliphatic heterocycles. The molecule has 0 aromatic heterocycles. The van der Waals surface area contributed by atoms with Crippen LogP contribution in [0.5, 0.6) is 0 Å². The first-order valence-electron chi connectivity index (χ1n) is 45.9. The topological polar surface area (TPSA) is 748 Å². The lowest BCUT2D eigenvalue weighted by molar-refractivity contribution is -0.400. The van der Waals surface area contributed by atoms with Crippen molar-refractivity contribution < 1.29 is 267 Å². The first-order chi connectivity index (χ1) is 68.2. The first-order valence-corrected chi connectivity index (χ1v) is 45.9. The predicted molar refractivity (Wildman–Crippen MR) is 453 cm³/mol. The summed E-state index contributed by atoms with van der Waals surface area (Å²) < 4.78 is 227. The number of aliphatic hydroxyl groups excluding tert-OH is 14. The fourth-order valence-electron chi connectivity index (χ4n) is 20.2. The number of carboxylic acids is 2. The van der Waals surface area contributed by atoms with Crippen LogP contribution in [0.25, 0.3) is 10.4 Å². The van der Waals surface area contributed by atoms with E-state index in [0.29, 0.717) is 0 Å². The smallest absolute Gasteiger partial charge is 0.335 e. The quantitative estimate of drug-likeness (QED) is 0.0153. The number of hydrogen-bond acceptors (Lipinski definition) is 54. The molecular weight excluding hydrogens is 1930 g/mol. The Kier molecular flexibility index (Phi) is 45.9. The zero-order valence-electron chi connectivity index (χ0n) is 81.5. The molecule has 0 bridgehead atoms. The number of aliphatic hydroxyl groups is 14. The van der Waals surface area contributed by atoms with E-state index < -0.39 is 389 Å². The molecule has 11 saturated heterocycles. The summed E-state index contributed by atoms with van der Waals surface area (Å²) in [5.74, 6) is -5.00. The molecule has 28 unspecified atom stereocenters. The Morgan fingerprint density at radius 1 is 0.239 bits per heavy atom. The van der Waals surface area contributed by atoms with Crippen LogP contribution in [0.3, 0.4) is 0 Å². The third-order valence-corrected chi connectivity index (χ3v) is 27.4. The molecule has 11 fully saturated rings. The van der Waals surface area contributed by atoms with Crippen LogP contribution >= 0.6 is 0 Å². The van der Waals surface area contributed by atoms with Crippen molar-refractivity contribution >= 4 is 11.9 Å². The number of nitrogens with zero attached hydrogens (tertiary/aromatic N) is 3. The fourth-order valence-corrected chi connectivity index (χ4v) is 20.2. The van der Waals surface area contributed by atoms with Crippen LogP contribution in [0.4, 0.5) is 0 Å². The zero-order chi connectivity index (χ0) is 104. The van der Waals surface area contributed by atoms with Crippen molar-refractivity contribution in [3.05, 3.63) is 10.4 Å². The molecular formula is C84H143N3O55. The van der Waals surface area contributed by atoms with Gasteiger partial charge in [-0.25, -0.2) is 9.59 Å². The Labute approximate surface area is 815 Å². The minimum atomic E-state index is -2.20. The van der Waals surface area contributed by atoms with E-state index in [9.17, 15) is 96.8 Å². The van der Waals surface area contributed by atoms with Gasteiger partial charge in [0, 0.05) is 131 Å². The highest BCUT2D eigenvalue weighted by atomic mass is 16.8. The standard InChI is InChI=1S/C84H143N3O55/c1-28-40(94)76(121-18)124-31(20-89)48(28)131-83-70(119-16)62(115-12)64(66(141-83)73(104)105)140-79-47(101)44(98)51(33(22-91)126-79)133-84-71(120-17)61(114-11)63(65(142-84)72(102)103)139-75-39(86-87-85)57(110-7)52(34(23-92)123-75)136-81-68(117-14)59(112-9)55(37(129-81)26-107-4)134-74-29(2)49(109-6)54(36(128-74)25-106-3)137-82-69(118-15)60(113-10)56(38(130-82)27-108-5)138-80-67(116-13)58(111-8)53(35(24-93)127-80)135-78-46(100)43(97)50(32(21-90)125-78)132-77-45(99)42(96)41(95)30(19-88)122-77/h28-71,74-84,88-101H,19-27H2,1-18H3,(H,102,103)(H,104,105)/t28?,29?,30?,31?,32?,33?,34?,35?,36?,37?,38?,39-,40-,41+,42?,43?,44?,45?,46?,47?,48-,49?,50+,51+,52+,53+,54+,55+,56+,57?,58?,59?,60?,61?,62?,63-,64-,65?,66?,67-,68?,69-,70?,71-,74+,75-,76-,77+,78-,79+,80-,81-,82-,83-,84+/m0/s1. The van der Waals surface area contributed by atoms with Gasteiger partial charge >= 0.3 is 11.9 Å². The molecule has 58 heteroatoms. The first kappa shape index (κ1) is 118. The molecule has 11 heterocycles. The van der Waals surface area contributed by atoms with E-state index in [2.05, 4.69) is 10.0 Å². The lowest BCUT2D eigenvalue weighted by Gasteiger charge is -2.52. The largest absolute Gasteiger partial charge is 0.479 e. The van der Waals surface area contributed by atoms with Gasteiger partial charge in [0.25, 0.3) is 0 Å². The van der Waals surface area contributed by atoms with Gasteiger partial charge in [-0.05, 0) is 5.53 Å². The number of ether oxygens (including phenoxy) is 37. The number of carbonyl (C=O) groups is 2. The predicted octanol–water partition coefficient (Wildman–Crippen LogP) is -10.5. The fraction of sp³-hybridized carbons (Fsp3) is 0.976. The Balaban J connectivity index is 0.745. The zero-order valence-corrected chi connectivity index (χ0v) is 81.5. The van der Waals surface area contributed by atoms with Gasteiger partial charge in [0.2, 0.25) is 0 Å². The van der Waals surface area contributed by atoms with Crippen LogP contribution in [0.2, 0.25) is 0 Å². The van der Waals surface area contributed by atoms with E-state index in [1.807, 2.05) is 0 Å². The monoisotopic (exact) mass is 2070 g/mol. The normalized spacial score (nSPS) is 47.7. The number of hydrogen-bond donors (Lipinski definition) is 16. The van der Waals surface area contributed by atoms with Gasteiger partial charge in [0.15, 0.2) is 81.4 Å². The van der Waals surface area contributed by atoms with Crippen LogP contribution in [0, 0.1) is 11.8 Å². The number of aliphatic carboxylic acids is 2. The molecule has 0 aromatic carbocycles. The molecule has 0 spiro atoms. The van der Waals surface area contributed by atoms with Crippen LogP contribution < -0.4 is 0 Å². The summed E-state index contributed by atoms with van der Waals surface area (Å²) in [6, 6.07) is -1.67. The number of carboxylic acid groups (broad SMARTS) is 2. The molecule has 0 aliphatic carbocycles. The van der Waals surface area contributed by atoms with Crippen molar-refractivity contribution in [3.63, 3.8) is 0 Å². The molecule has 0 radical (unpaired) electrons. The number of rotatable bonds is 48. The van der Waals surface area contributed by atoms with Crippen molar-refractivity contribution in [1.29, 1.82) is 0 Å². The highest BCUT2D eigenvalue weighted by molar-refractivity contribution is 5.74. The second kappa shape index (κ2) is 55.0. The number of methoxy groups -OCH3 is 16. The highest BCUT2D eigenvalue weighted by Gasteiger charge is 2.65. The van der Waals surface area contributed by atoms with E-state index in [1.54, 1.807) is 13.8 Å². The maximum Gasteiger partial charge on any atom is 0.335 e. The maximum absolute atomic E-state index is 13.6. The van der Waals surface area contributed by atoms with Crippen LogP contribution in [0.1, 0.15) is 13.8 Å². The lowest BCUT2D eigenvalue weighted by atomic mass is 9.90. The second-order valence-electron chi connectivity index (χ2n) is 35.4. The highest BCUT2D eigenvalue weighted by Crippen LogP contribution is 2.46. The van der Waals surface area contributed by atoms with Gasteiger partial charge < -0.3 is 257 Å². The van der Waals surface area contributed by atoms with E-state index in [4.69, 9.17) is 175 Å². The van der Waals surface area contributed by atoms with E-state index in [-0.39, 0.29) is 19.8 Å². The lowest BCUT2D eigenvalue weighted by Crippen LogP contribution is -2.69. The van der Waals surface area contributed by atoms with Crippen LogP contribution in [-0.4, -0.2) is 592 Å². The van der Waals surface area contributed by atoms with Crippen molar-refractivity contribution in [2.24, 2.45) is 17.0 Å². The minimum absolute atomic E-state index is 0.171. The summed E-state index contributed by atoms with van der Waals surface area (Å²) >= 11 is 0. The second-order valence-corrected chi connectivity index (χ2v) is 35.4. The van der Waals surface area contributed by atoms with Gasteiger partial charge in [0.1, 0.15) is 226 Å². The summed E-state index contributed by atoms with van der Waals surface area (Å²) in [7, 11) is 20.8. The van der Waals surface area contributed by atoms with Gasteiger partial charge in [-0.2, -0.15) is 0 Å². The molecule has 11 rings (SSSR count). The Morgan fingerprint density at radius 2 is 0.493 bits per heavy atom. The van der Waals surface area contributed by atoms with Crippen molar-refractivity contribution in [1.82, 2.24) is 0 Å². The van der Waals surface area contributed by atoms with Gasteiger partial charge in [0.05, 0.1) is 77.8 Å². The van der Waals surface area contributed by atoms with Crippen molar-refractivity contribution in [3.8, 4) is 0 Å². The molecule has 11 aliphatic rings. The SMILES string of the molecule is COCC1O[C@H](O[C@@H]2C(COC)O[C@@H](O[C@@H]3C(CO)O[C@@H](O[C@@H]4C(C(=O)O)O[C@@H](O[C@@H]5C(CO)O[C@H](O[C@@H]6C(C(=O)O)O[C@H](O[C@@H]7C(CO)O[C@H](OC)[C@@H](O)C7C)C(OC)C6OC)C(O)C5O)[C@@H](OC)C4OC)[C@@H](N=[N+]=[N-])C3OC)C(OC)C2OC)C(C)C(OC)[C@@H]1O[C@@H]1OC(COC)[C@@H](O[C@@H]2OC(CO)[C@@H](O[C@@H]3OC(CO)[C@@H](O[C@H]4OC(CO)[C@@H](O)C(O)C4O)C(O)C3O)C(OC)[C@@H]2OC)C(OC)[C@@H]1OC. The molecule has 58 nitrogen and oxygen atoms in total. The number of azide groups is 1. The van der Waals surface area contributed by atoms with E-state index in [0.717, 1.165) is 14.2 Å². The van der Waals surface area contributed by atoms with Gasteiger partial charge in [-0.1, -0.05) is 19.0 Å². The van der Waals surface area contributed by atoms with E-state index in [1.165, 1.54) is 99.5 Å². The van der Waals surface area contributed by atoms with Crippen LogP contribution in [0.15, 0.2) is 5.11 Å². The summed E-state index contributed by atoms with van der Waals surface area (Å²) in [5, 5.41) is 179. The molecule has 55 atom stereocenters. The molecule has 142 heavy (non-hydrogen) atoms. The summed E-state index contributed by atoms with van der Waals surface area (Å²) in [5.41, 5.74) is 10.3. The molecule has 0 aromatic rings. The molecule has 824 valence electrons. The Bertz CT molecular complexity index is 3760. The molecule has 0 saturated carbocycles. The van der Waals surface area contributed by atoms with Crippen LogP contribution in [-0.2, 0) is 185 Å². The van der Waals surface area contributed by atoms with Crippen molar-refractivity contribution in [2.45, 2.75) is 339 Å².